The highest BCUT2D eigenvalue weighted by molar-refractivity contribution is 7.17. The first-order valence-electron chi connectivity index (χ1n) is 10.1. The van der Waals surface area contributed by atoms with Crippen LogP contribution in [0.15, 0.2) is 70.4 Å². The van der Waals surface area contributed by atoms with Crippen molar-refractivity contribution >= 4 is 39.3 Å². The summed E-state index contributed by atoms with van der Waals surface area (Å²) >= 11 is 1.04. The molecule has 0 radical (unpaired) electrons. The number of amides is 1. The first-order valence-corrected chi connectivity index (χ1v) is 10.9. The Morgan fingerprint density at radius 2 is 1.91 bits per heavy atom. The zero-order valence-corrected chi connectivity index (χ0v) is 18.8. The molecule has 0 aliphatic rings. The number of rotatable bonds is 6. The van der Waals surface area contributed by atoms with Crippen molar-refractivity contribution in [3.63, 3.8) is 0 Å². The van der Waals surface area contributed by atoms with Gasteiger partial charge in [0.2, 0.25) is 0 Å². The lowest BCUT2D eigenvalue weighted by atomic mass is 10.1. The van der Waals surface area contributed by atoms with E-state index in [2.05, 4.69) is 16.9 Å². The van der Waals surface area contributed by atoms with E-state index in [4.69, 9.17) is 9.15 Å². The molecule has 0 saturated heterocycles. The van der Waals surface area contributed by atoms with Crippen LogP contribution in [0.25, 0.3) is 22.3 Å². The summed E-state index contributed by atoms with van der Waals surface area (Å²) in [6.45, 7) is 7.19. The molecular formula is C25H20N2O5S. The molecule has 0 unspecified atom stereocenters. The fourth-order valence-corrected chi connectivity index (χ4v) is 4.06. The van der Waals surface area contributed by atoms with Crippen molar-refractivity contribution in [2.45, 2.75) is 13.8 Å². The van der Waals surface area contributed by atoms with Gasteiger partial charge >= 0.3 is 5.97 Å². The number of nitrogens with one attached hydrogen (secondary N) is 1. The number of ether oxygens (including phenoxy) is 1. The van der Waals surface area contributed by atoms with Crippen molar-refractivity contribution in [2.75, 3.05) is 11.9 Å². The van der Waals surface area contributed by atoms with E-state index in [9.17, 15) is 14.4 Å². The van der Waals surface area contributed by atoms with Gasteiger partial charge in [0, 0.05) is 17.2 Å². The standard InChI is InChI=1S/C25H20N2O5S/c1-4-11-31-24(30)22-15(3)26-25(33-22)27-23(29)17-8-6-16(7-9-17)21-13-19(28)18-12-14(2)5-10-20(18)32-21/h4-10,12-13H,1,11H2,2-3H3,(H,26,27,29). The molecule has 1 N–H and O–H groups in total. The van der Waals surface area contributed by atoms with Gasteiger partial charge in [-0.2, -0.15) is 0 Å². The van der Waals surface area contributed by atoms with Gasteiger partial charge in [0.1, 0.15) is 22.8 Å². The molecule has 0 atom stereocenters. The lowest BCUT2D eigenvalue weighted by molar-refractivity contribution is 0.0554. The number of esters is 1. The van der Waals surface area contributed by atoms with Crippen molar-refractivity contribution in [2.24, 2.45) is 0 Å². The van der Waals surface area contributed by atoms with Crippen LogP contribution in [0.5, 0.6) is 0 Å². The monoisotopic (exact) mass is 460 g/mol. The van der Waals surface area contributed by atoms with E-state index in [1.165, 1.54) is 12.1 Å². The van der Waals surface area contributed by atoms with Crippen LogP contribution < -0.4 is 10.7 Å². The first kappa shape index (κ1) is 22.2. The number of carbonyl (C=O) groups is 2. The number of hydrogen-bond donors (Lipinski definition) is 1. The minimum atomic E-state index is -0.512. The van der Waals surface area contributed by atoms with E-state index in [0.29, 0.717) is 43.6 Å². The van der Waals surface area contributed by atoms with Crippen LogP contribution in [-0.2, 0) is 4.74 Å². The van der Waals surface area contributed by atoms with Gasteiger partial charge < -0.3 is 9.15 Å². The highest BCUT2D eigenvalue weighted by Gasteiger charge is 2.18. The molecule has 4 aromatic rings. The van der Waals surface area contributed by atoms with Crippen LogP contribution in [-0.4, -0.2) is 23.5 Å². The Hall–Kier alpha value is -4.04. The van der Waals surface area contributed by atoms with Crippen molar-refractivity contribution in [1.29, 1.82) is 0 Å². The Morgan fingerprint density at radius 3 is 2.64 bits per heavy atom. The molecular weight excluding hydrogens is 440 g/mol. The summed E-state index contributed by atoms with van der Waals surface area (Å²) in [6.07, 6.45) is 1.48. The predicted octanol–water partition coefficient (Wildman–Crippen LogP) is 5.13. The van der Waals surface area contributed by atoms with Gasteiger partial charge in [-0.25, -0.2) is 9.78 Å². The van der Waals surface area contributed by atoms with Crippen LogP contribution >= 0.6 is 11.3 Å². The lowest BCUT2D eigenvalue weighted by Gasteiger charge is -2.06. The van der Waals surface area contributed by atoms with E-state index in [0.717, 1.165) is 16.9 Å². The Morgan fingerprint density at radius 1 is 1.15 bits per heavy atom. The van der Waals surface area contributed by atoms with Crippen LogP contribution in [0.4, 0.5) is 5.13 Å². The number of aryl methyl sites for hydroxylation is 2. The maximum Gasteiger partial charge on any atom is 0.350 e. The maximum atomic E-state index is 12.6. The Bertz CT molecular complexity index is 1430. The number of nitrogens with zero attached hydrogens (tertiary/aromatic N) is 1. The van der Waals surface area contributed by atoms with Crippen molar-refractivity contribution in [3.05, 3.63) is 93.1 Å². The second-order valence-corrected chi connectivity index (χ2v) is 8.33. The van der Waals surface area contributed by atoms with E-state index in [-0.39, 0.29) is 17.9 Å². The van der Waals surface area contributed by atoms with E-state index in [1.807, 2.05) is 13.0 Å². The average molecular weight is 461 g/mol. The predicted molar refractivity (Wildman–Crippen MR) is 128 cm³/mol. The second-order valence-electron chi connectivity index (χ2n) is 7.33. The molecule has 0 spiro atoms. The molecule has 4 rings (SSSR count). The number of fused-ring (bicyclic) bond motifs is 1. The molecule has 2 heterocycles. The summed E-state index contributed by atoms with van der Waals surface area (Å²) in [5.74, 6) is -0.472. The normalized spacial score (nSPS) is 10.7. The third-order valence-electron chi connectivity index (χ3n) is 4.85. The van der Waals surface area contributed by atoms with Crippen LogP contribution in [0.3, 0.4) is 0 Å². The molecule has 0 bridgehead atoms. The van der Waals surface area contributed by atoms with E-state index in [1.54, 1.807) is 43.3 Å². The smallest absolute Gasteiger partial charge is 0.350 e. The van der Waals surface area contributed by atoms with Gasteiger partial charge in [-0.3, -0.25) is 14.9 Å². The largest absolute Gasteiger partial charge is 0.457 e. The number of anilines is 1. The zero-order chi connectivity index (χ0) is 23.5. The number of aromatic nitrogens is 1. The maximum absolute atomic E-state index is 12.6. The van der Waals surface area contributed by atoms with Gasteiger partial charge in [-0.05, 0) is 38.1 Å². The third-order valence-corrected chi connectivity index (χ3v) is 5.90. The van der Waals surface area contributed by atoms with E-state index >= 15 is 0 Å². The summed E-state index contributed by atoms with van der Waals surface area (Å²) in [5, 5.41) is 3.52. The summed E-state index contributed by atoms with van der Waals surface area (Å²) in [5.41, 5.74) is 2.89. The van der Waals surface area contributed by atoms with Gasteiger partial charge in [-0.15, -0.1) is 0 Å². The van der Waals surface area contributed by atoms with Gasteiger partial charge in [0.15, 0.2) is 10.6 Å². The molecule has 8 heteroatoms. The molecule has 2 aromatic carbocycles. The molecule has 0 saturated carbocycles. The number of hydrogen-bond acceptors (Lipinski definition) is 7. The zero-order valence-electron chi connectivity index (χ0n) is 18.0. The van der Waals surface area contributed by atoms with Crippen molar-refractivity contribution < 1.29 is 18.7 Å². The van der Waals surface area contributed by atoms with Gasteiger partial charge in [0.25, 0.3) is 5.91 Å². The highest BCUT2D eigenvalue weighted by Crippen LogP contribution is 2.26. The number of benzene rings is 2. The number of carbonyl (C=O) groups excluding carboxylic acids is 2. The minimum Gasteiger partial charge on any atom is -0.457 e. The summed E-state index contributed by atoms with van der Waals surface area (Å²) in [7, 11) is 0. The van der Waals surface area contributed by atoms with Crippen molar-refractivity contribution in [3.8, 4) is 11.3 Å². The Labute approximate surface area is 193 Å². The minimum absolute atomic E-state index is 0.0984. The average Bonchev–Trinajstić information content (AvgIpc) is 3.17. The summed E-state index contributed by atoms with van der Waals surface area (Å²) in [6, 6.07) is 13.6. The molecule has 1 amide bonds. The van der Waals surface area contributed by atoms with Crippen molar-refractivity contribution in [1.82, 2.24) is 4.98 Å². The Balaban J connectivity index is 1.52. The first-order chi connectivity index (χ1) is 15.9. The van der Waals surface area contributed by atoms with Crippen LogP contribution in [0.2, 0.25) is 0 Å². The quantitative estimate of drug-likeness (QED) is 0.316. The lowest BCUT2D eigenvalue weighted by Crippen LogP contribution is -2.11. The van der Waals surface area contributed by atoms with Gasteiger partial charge in [0.05, 0.1) is 11.1 Å². The highest BCUT2D eigenvalue weighted by atomic mass is 32.1. The Kier molecular flexibility index (Phi) is 6.19. The van der Waals surface area contributed by atoms with E-state index < -0.39 is 5.97 Å². The molecule has 0 fully saturated rings. The fraction of sp³-hybridized carbons (Fsp3) is 0.120. The third kappa shape index (κ3) is 4.75. The molecule has 7 nitrogen and oxygen atoms in total. The summed E-state index contributed by atoms with van der Waals surface area (Å²) in [4.78, 5) is 41.7. The van der Waals surface area contributed by atoms with Gasteiger partial charge in [-0.1, -0.05) is 47.8 Å². The SMILES string of the molecule is C=CCOC(=O)c1sc(NC(=O)c2ccc(-c3cc(=O)c4cc(C)ccc4o3)cc2)nc1C. The second kappa shape index (κ2) is 9.22. The molecule has 33 heavy (non-hydrogen) atoms. The summed E-state index contributed by atoms with van der Waals surface area (Å²) < 4.78 is 10.9. The number of thiazole rings is 1. The molecule has 0 aliphatic heterocycles. The molecule has 0 aliphatic carbocycles. The fourth-order valence-electron chi connectivity index (χ4n) is 3.21. The topological polar surface area (TPSA) is 98.5 Å². The van der Waals surface area contributed by atoms with Crippen LogP contribution in [0.1, 0.15) is 31.3 Å². The molecule has 2 aromatic heterocycles. The molecule has 166 valence electrons. The van der Waals surface area contributed by atoms with Crippen LogP contribution in [0, 0.1) is 13.8 Å².